The third-order valence-electron chi connectivity index (χ3n) is 3.11. The highest BCUT2D eigenvalue weighted by atomic mass is 16.7. The number of methoxy groups -OCH3 is 1. The van der Waals surface area contributed by atoms with Crippen LogP contribution in [0.15, 0.2) is 24.3 Å². The Bertz CT molecular complexity index is 558. The summed E-state index contributed by atoms with van der Waals surface area (Å²) in [4.78, 5) is 40.9. The van der Waals surface area contributed by atoms with Crippen LogP contribution in [0.4, 0.5) is 0 Å². The molecule has 0 aromatic heterocycles. The molecular weight excluding hydrogens is 274 g/mol. The Morgan fingerprint density at radius 2 is 1.67 bits per heavy atom. The number of hydroxylamine groups is 2. The van der Waals surface area contributed by atoms with Gasteiger partial charge in [0.25, 0.3) is 11.8 Å². The van der Waals surface area contributed by atoms with E-state index in [9.17, 15) is 14.4 Å². The van der Waals surface area contributed by atoms with Gasteiger partial charge in [0, 0.05) is 7.11 Å². The normalized spacial score (nSPS) is 14.3. The van der Waals surface area contributed by atoms with Gasteiger partial charge in [-0.3, -0.25) is 9.59 Å². The van der Waals surface area contributed by atoms with E-state index in [0.29, 0.717) is 11.7 Å². The van der Waals surface area contributed by atoms with Crippen LogP contribution in [0.2, 0.25) is 0 Å². The van der Waals surface area contributed by atoms with E-state index in [1.807, 2.05) is 13.8 Å². The number of nitrogens with zero attached hydrogens (tertiary/aromatic N) is 1. The number of fused-ring (bicyclic) bond motifs is 1. The number of benzene rings is 1. The van der Waals surface area contributed by atoms with Crippen molar-refractivity contribution >= 4 is 17.8 Å². The minimum Gasteiger partial charge on any atom is -0.384 e. The lowest BCUT2D eigenvalue weighted by Gasteiger charge is -2.23. The zero-order valence-electron chi connectivity index (χ0n) is 12.2. The Hall–Kier alpha value is -2.21. The Labute approximate surface area is 122 Å². The van der Waals surface area contributed by atoms with Gasteiger partial charge in [-0.1, -0.05) is 31.0 Å². The van der Waals surface area contributed by atoms with Gasteiger partial charge in [0.1, 0.15) is 0 Å². The number of imide groups is 1. The molecule has 2 amide bonds. The fourth-order valence-corrected chi connectivity index (χ4v) is 2.22. The van der Waals surface area contributed by atoms with Gasteiger partial charge in [0.2, 0.25) is 0 Å². The molecule has 0 atom stereocenters. The van der Waals surface area contributed by atoms with Crippen LogP contribution in [-0.4, -0.2) is 36.6 Å². The van der Waals surface area contributed by atoms with Crippen molar-refractivity contribution in [2.24, 2.45) is 5.41 Å². The first-order valence-electron chi connectivity index (χ1n) is 6.53. The Morgan fingerprint density at radius 1 is 1.14 bits per heavy atom. The Balaban J connectivity index is 2.07. The van der Waals surface area contributed by atoms with Crippen molar-refractivity contribution in [1.82, 2.24) is 5.06 Å². The minimum atomic E-state index is -0.647. The van der Waals surface area contributed by atoms with E-state index < -0.39 is 23.2 Å². The van der Waals surface area contributed by atoms with Gasteiger partial charge in [0.15, 0.2) is 0 Å². The van der Waals surface area contributed by atoms with Crippen LogP contribution in [0.1, 0.15) is 41.0 Å². The van der Waals surface area contributed by atoms with E-state index in [0.717, 1.165) is 0 Å². The summed E-state index contributed by atoms with van der Waals surface area (Å²) in [5.41, 5.74) is 0.0442. The molecule has 0 radical (unpaired) electrons. The molecule has 2 rings (SSSR count). The zero-order chi connectivity index (χ0) is 15.6. The quantitative estimate of drug-likeness (QED) is 0.773. The molecule has 0 bridgehead atoms. The molecule has 21 heavy (non-hydrogen) atoms. The van der Waals surface area contributed by atoms with Crippen molar-refractivity contribution in [3.05, 3.63) is 35.4 Å². The van der Waals surface area contributed by atoms with Crippen molar-refractivity contribution in [3.63, 3.8) is 0 Å². The third kappa shape index (κ3) is 3.11. The molecular formula is C15H17NO5. The monoisotopic (exact) mass is 291 g/mol. The van der Waals surface area contributed by atoms with Crippen LogP contribution < -0.4 is 0 Å². The topological polar surface area (TPSA) is 72.9 Å². The van der Waals surface area contributed by atoms with Crippen molar-refractivity contribution in [1.29, 1.82) is 0 Å². The van der Waals surface area contributed by atoms with E-state index in [1.54, 1.807) is 12.1 Å². The van der Waals surface area contributed by atoms with Crippen LogP contribution in [0, 0.1) is 5.41 Å². The molecule has 1 aromatic rings. The summed E-state index contributed by atoms with van der Waals surface area (Å²) in [6, 6.07) is 6.35. The molecule has 1 heterocycles. The van der Waals surface area contributed by atoms with Gasteiger partial charge < -0.3 is 9.57 Å². The lowest BCUT2D eigenvalue weighted by atomic mass is 9.91. The number of rotatable bonds is 5. The summed E-state index contributed by atoms with van der Waals surface area (Å²) in [6.07, 6.45) is 0.0360. The number of carbonyl (C=O) groups is 3. The number of carbonyl (C=O) groups excluding carboxylic acids is 3. The van der Waals surface area contributed by atoms with Gasteiger partial charge in [0.05, 0.1) is 24.2 Å². The van der Waals surface area contributed by atoms with Gasteiger partial charge >= 0.3 is 5.97 Å². The summed E-state index contributed by atoms with van der Waals surface area (Å²) in [5, 5.41) is 0.524. The van der Waals surface area contributed by atoms with E-state index in [1.165, 1.54) is 19.2 Å². The third-order valence-corrected chi connectivity index (χ3v) is 3.11. The summed E-state index contributed by atoms with van der Waals surface area (Å²) < 4.78 is 5.02. The molecule has 0 aliphatic carbocycles. The highest BCUT2D eigenvalue weighted by Gasteiger charge is 2.39. The van der Waals surface area contributed by atoms with Crippen LogP contribution in [0.3, 0.4) is 0 Å². The molecule has 0 N–H and O–H groups in total. The second-order valence-corrected chi connectivity index (χ2v) is 5.69. The number of ether oxygens (including phenoxy) is 1. The first kappa shape index (κ1) is 15.2. The lowest BCUT2D eigenvalue weighted by molar-refractivity contribution is -0.171. The summed E-state index contributed by atoms with van der Waals surface area (Å²) >= 11 is 0. The molecule has 1 aliphatic heterocycles. The number of amides is 2. The maximum atomic E-state index is 12.0. The molecule has 0 fully saturated rings. The van der Waals surface area contributed by atoms with Crippen molar-refractivity contribution in [2.75, 3.05) is 13.7 Å². The molecule has 0 saturated heterocycles. The molecule has 1 aromatic carbocycles. The molecule has 0 saturated carbocycles. The Morgan fingerprint density at radius 3 is 2.14 bits per heavy atom. The first-order valence-corrected chi connectivity index (χ1v) is 6.53. The summed E-state index contributed by atoms with van der Waals surface area (Å²) in [6.45, 7) is 4.03. The fourth-order valence-electron chi connectivity index (χ4n) is 2.22. The van der Waals surface area contributed by atoms with Crippen molar-refractivity contribution < 1.29 is 24.0 Å². The van der Waals surface area contributed by atoms with Crippen molar-refractivity contribution in [3.8, 4) is 0 Å². The number of hydrogen-bond acceptors (Lipinski definition) is 5. The molecule has 1 aliphatic rings. The maximum absolute atomic E-state index is 12.0. The second kappa shape index (κ2) is 5.65. The number of hydrogen-bond donors (Lipinski definition) is 0. The predicted molar refractivity (Wildman–Crippen MR) is 73.3 cm³/mol. The van der Waals surface area contributed by atoms with Crippen LogP contribution in [-0.2, 0) is 14.4 Å². The highest BCUT2D eigenvalue weighted by Crippen LogP contribution is 2.25. The van der Waals surface area contributed by atoms with E-state index in [2.05, 4.69) is 0 Å². The van der Waals surface area contributed by atoms with Gasteiger partial charge in [-0.15, -0.1) is 0 Å². The molecule has 6 heteroatoms. The molecule has 0 unspecified atom stereocenters. The SMILES string of the molecule is COCC(C)(C)CC(=O)ON1C(=O)c2ccccc2C1=O. The highest BCUT2D eigenvalue weighted by molar-refractivity contribution is 6.20. The van der Waals surface area contributed by atoms with E-state index in [4.69, 9.17) is 9.57 Å². The molecule has 0 spiro atoms. The molecule has 112 valence electrons. The average molecular weight is 291 g/mol. The molecule has 6 nitrogen and oxygen atoms in total. The smallest absolute Gasteiger partial charge is 0.333 e. The zero-order valence-corrected chi connectivity index (χ0v) is 12.2. The average Bonchev–Trinajstić information content (AvgIpc) is 2.64. The van der Waals surface area contributed by atoms with E-state index in [-0.39, 0.29) is 17.5 Å². The van der Waals surface area contributed by atoms with Gasteiger partial charge in [-0.25, -0.2) is 4.79 Å². The largest absolute Gasteiger partial charge is 0.384 e. The lowest BCUT2D eigenvalue weighted by Crippen LogP contribution is -2.34. The van der Waals surface area contributed by atoms with Crippen LogP contribution in [0.5, 0.6) is 0 Å². The van der Waals surface area contributed by atoms with Gasteiger partial charge in [-0.2, -0.15) is 0 Å². The second-order valence-electron chi connectivity index (χ2n) is 5.69. The predicted octanol–water partition coefficient (Wildman–Crippen LogP) is 1.80. The summed E-state index contributed by atoms with van der Waals surface area (Å²) in [5.74, 6) is -1.88. The standard InChI is InChI=1S/C15H17NO5/c1-15(2,9-20-3)8-12(17)21-16-13(18)10-6-4-5-7-11(10)14(16)19/h4-7H,8-9H2,1-3H3. The minimum absolute atomic E-state index is 0.0360. The van der Waals surface area contributed by atoms with Crippen molar-refractivity contribution in [2.45, 2.75) is 20.3 Å². The maximum Gasteiger partial charge on any atom is 0.333 e. The van der Waals surface area contributed by atoms with Gasteiger partial charge in [-0.05, 0) is 17.5 Å². The fraction of sp³-hybridized carbons (Fsp3) is 0.400. The first-order chi connectivity index (χ1) is 9.85. The summed E-state index contributed by atoms with van der Waals surface area (Å²) in [7, 11) is 1.54. The Kier molecular flexibility index (Phi) is 4.09. The van der Waals surface area contributed by atoms with Crippen LogP contribution in [0.25, 0.3) is 0 Å². The van der Waals surface area contributed by atoms with Crippen LogP contribution >= 0.6 is 0 Å². The van der Waals surface area contributed by atoms with E-state index >= 15 is 0 Å².